The summed E-state index contributed by atoms with van der Waals surface area (Å²) in [7, 11) is 0. The van der Waals surface area contributed by atoms with E-state index in [-0.39, 0.29) is 5.91 Å². The van der Waals surface area contributed by atoms with E-state index in [0.717, 1.165) is 19.3 Å². The van der Waals surface area contributed by atoms with E-state index in [2.05, 4.69) is 19.2 Å². The molecular formula is C16H26NO3-. The summed E-state index contributed by atoms with van der Waals surface area (Å²) in [5, 5.41) is 14.0. The van der Waals surface area contributed by atoms with Gasteiger partial charge in [-0.3, -0.25) is 4.79 Å². The number of carbonyl (C=O) groups excluding carboxylic acids is 2. The van der Waals surface area contributed by atoms with Gasteiger partial charge in [0, 0.05) is 24.3 Å². The molecular weight excluding hydrogens is 254 g/mol. The Morgan fingerprint density at radius 2 is 1.90 bits per heavy atom. The van der Waals surface area contributed by atoms with E-state index >= 15 is 0 Å². The van der Waals surface area contributed by atoms with Crippen molar-refractivity contribution >= 4 is 11.9 Å². The van der Waals surface area contributed by atoms with Crippen molar-refractivity contribution in [3.63, 3.8) is 0 Å². The van der Waals surface area contributed by atoms with Crippen LogP contribution in [0.4, 0.5) is 0 Å². The van der Waals surface area contributed by atoms with Gasteiger partial charge in [-0.25, -0.2) is 0 Å². The number of amides is 1. The molecule has 1 aliphatic rings. The molecule has 0 aliphatic heterocycles. The zero-order chi connectivity index (χ0) is 15.0. The molecule has 3 unspecified atom stereocenters. The highest BCUT2D eigenvalue weighted by Gasteiger charge is 2.29. The van der Waals surface area contributed by atoms with E-state index in [9.17, 15) is 14.7 Å². The molecule has 4 nitrogen and oxygen atoms in total. The summed E-state index contributed by atoms with van der Waals surface area (Å²) < 4.78 is 0. The molecule has 1 rings (SSSR count). The average molecular weight is 280 g/mol. The molecule has 0 bridgehead atoms. The number of aliphatic carboxylic acids is 1. The largest absolute Gasteiger partial charge is 0.550 e. The summed E-state index contributed by atoms with van der Waals surface area (Å²) in [6, 6.07) is 0. The maximum absolute atomic E-state index is 12.2. The maximum atomic E-state index is 12.2. The van der Waals surface area contributed by atoms with E-state index < -0.39 is 17.8 Å². The number of carboxylic acid groups (broad SMARTS) is 1. The van der Waals surface area contributed by atoms with Gasteiger partial charge in [0.1, 0.15) is 0 Å². The highest BCUT2D eigenvalue weighted by atomic mass is 16.4. The van der Waals surface area contributed by atoms with Gasteiger partial charge in [0.2, 0.25) is 5.91 Å². The number of hydrogen-bond acceptors (Lipinski definition) is 3. The van der Waals surface area contributed by atoms with Crippen LogP contribution in [0.2, 0.25) is 0 Å². The molecule has 0 aromatic carbocycles. The Kier molecular flexibility index (Phi) is 7.34. The van der Waals surface area contributed by atoms with Gasteiger partial charge in [-0.05, 0) is 25.2 Å². The van der Waals surface area contributed by atoms with Crippen LogP contribution in [0.3, 0.4) is 0 Å². The fourth-order valence-electron chi connectivity index (χ4n) is 2.68. The molecule has 0 aromatic rings. The van der Waals surface area contributed by atoms with Crippen molar-refractivity contribution in [1.29, 1.82) is 0 Å². The highest BCUT2D eigenvalue weighted by molar-refractivity contribution is 5.84. The molecule has 0 saturated heterocycles. The molecule has 1 amide bonds. The second kappa shape index (κ2) is 8.77. The number of unbranched alkanes of at least 4 members (excludes halogenated alkanes) is 1. The van der Waals surface area contributed by atoms with Crippen molar-refractivity contribution in [3.8, 4) is 0 Å². The lowest BCUT2D eigenvalue weighted by atomic mass is 9.82. The van der Waals surface area contributed by atoms with Gasteiger partial charge in [-0.2, -0.15) is 0 Å². The van der Waals surface area contributed by atoms with Crippen molar-refractivity contribution in [1.82, 2.24) is 5.32 Å². The Bertz CT molecular complexity index is 352. The fourth-order valence-corrected chi connectivity index (χ4v) is 2.68. The summed E-state index contributed by atoms with van der Waals surface area (Å²) in [6.07, 6.45) is 9.07. The van der Waals surface area contributed by atoms with E-state index in [4.69, 9.17) is 0 Å². The van der Waals surface area contributed by atoms with Crippen LogP contribution in [0.25, 0.3) is 0 Å². The van der Waals surface area contributed by atoms with Gasteiger partial charge in [-0.15, -0.1) is 0 Å². The number of nitrogens with one attached hydrogen (secondary N) is 1. The molecule has 0 fully saturated rings. The van der Waals surface area contributed by atoms with Gasteiger partial charge in [0.05, 0.1) is 0 Å². The quantitative estimate of drug-likeness (QED) is 0.687. The number of carbonyl (C=O) groups is 2. The third-order valence-corrected chi connectivity index (χ3v) is 4.18. The minimum Gasteiger partial charge on any atom is -0.550 e. The van der Waals surface area contributed by atoms with Crippen molar-refractivity contribution < 1.29 is 14.7 Å². The van der Waals surface area contributed by atoms with Crippen molar-refractivity contribution in [2.45, 2.75) is 52.4 Å². The third kappa shape index (κ3) is 4.99. The summed E-state index contributed by atoms with van der Waals surface area (Å²) in [5.41, 5.74) is 0. The first-order chi connectivity index (χ1) is 9.60. The molecule has 0 heterocycles. The lowest BCUT2D eigenvalue weighted by molar-refractivity contribution is -0.313. The second-order valence-electron chi connectivity index (χ2n) is 5.64. The minimum atomic E-state index is -1.12. The molecule has 20 heavy (non-hydrogen) atoms. The predicted molar refractivity (Wildman–Crippen MR) is 76.7 cm³/mol. The topological polar surface area (TPSA) is 69.2 Å². The Balaban J connectivity index is 2.48. The van der Waals surface area contributed by atoms with Crippen molar-refractivity contribution in [2.75, 3.05) is 6.54 Å². The molecule has 3 atom stereocenters. The standard InChI is InChI=1S/C16H27NO3/c1-3-5-8-12(4-2)11-17-15(18)13-9-6-7-10-14(13)16(19)20/h6-7,12-14H,3-5,8-11H2,1-2H3,(H,17,18)(H,19,20)/p-1. The zero-order valence-electron chi connectivity index (χ0n) is 12.6. The number of hydrogen-bond donors (Lipinski definition) is 1. The highest BCUT2D eigenvalue weighted by Crippen LogP contribution is 2.25. The second-order valence-corrected chi connectivity index (χ2v) is 5.64. The third-order valence-electron chi connectivity index (χ3n) is 4.18. The number of carboxylic acids is 1. The molecule has 0 aromatic heterocycles. The molecule has 1 aliphatic carbocycles. The molecule has 4 heteroatoms. The van der Waals surface area contributed by atoms with Crippen LogP contribution in [-0.2, 0) is 9.59 Å². The monoisotopic (exact) mass is 280 g/mol. The van der Waals surface area contributed by atoms with E-state index in [1.807, 2.05) is 12.2 Å². The van der Waals surface area contributed by atoms with Crippen LogP contribution in [0.5, 0.6) is 0 Å². The SMILES string of the molecule is CCCCC(CC)CNC(=O)C1CC=CCC1C(=O)[O-]. The predicted octanol–water partition coefficient (Wildman–Crippen LogP) is 1.65. The molecule has 0 saturated carbocycles. The molecule has 114 valence electrons. The van der Waals surface area contributed by atoms with Gasteiger partial charge in [0.25, 0.3) is 0 Å². The van der Waals surface area contributed by atoms with Gasteiger partial charge in [0.15, 0.2) is 0 Å². The van der Waals surface area contributed by atoms with Gasteiger partial charge in [-0.1, -0.05) is 45.3 Å². The number of allylic oxidation sites excluding steroid dienone is 2. The molecule has 1 N–H and O–H groups in total. The fraction of sp³-hybridized carbons (Fsp3) is 0.750. The first-order valence-corrected chi connectivity index (χ1v) is 7.73. The van der Waals surface area contributed by atoms with Crippen molar-refractivity contribution in [3.05, 3.63) is 12.2 Å². The summed E-state index contributed by atoms with van der Waals surface area (Å²) in [6.45, 7) is 4.93. The summed E-state index contributed by atoms with van der Waals surface area (Å²) in [4.78, 5) is 23.3. The summed E-state index contributed by atoms with van der Waals surface area (Å²) >= 11 is 0. The van der Waals surface area contributed by atoms with Gasteiger partial charge < -0.3 is 15.2 Å². The van der Waals surface area contributed by atoms with Crippen LogP contribution in [0, 0.1) is 17.8 Å². The Morgan fingerprint density at radius 3 is 2.45 bits per heavy atom. The van der Waals surface area contributed by atoms with Crippen LogP contribution >= 0.6 is 0 Å². The summed E-state index contributed by atoms with van der Waals surface area (Å²) in [5.74, 6) is -1.94. The van der Waals surface area contributed by atoms with Crippen LogP contribution in [0.15, 0.2) is 12.2 Å². The van der Waals surface area contributed by atoms with E-state index in [1.54, 1.807) is 0 Å². The van der Waals surface area contributed by atoms with Crippen LogP contribution in [0.1, 0.15) is 52.4 Å². The lowest BCUT2D eigenvalue weighted by Crippen LogP contribution is -2.44. The smallest absolute Gasteiger partial charge is 0.224 e. The zero-order valence-corrected chi connectivity index (χ0v) is 12.6. The lowest BCUT2D eigenvalue weighted by Gasteiger charge is -2.28. The average Bonchev–Trinajstić information content (AvgIpc) is 2.47. The molecule has 0 spiro atoms. The Morgan fingerprint density at radius 1 is 1.25 bits per heavy atom. The first-order valence-electron chi connectivity index (χ1n) is 7.73. The van der Waals surface area contributed by atoms with Gasteiger partial charge >= 0.3 is 0 Å². The number of rotatable bonds is 8. The Hall–Kier alpha value is -1.32. The van der Waals surface area contributed by atoms with Crippen LogP contribution in [-0.4, -0.2) is 18.4 Å². The minimum absolute atomic E-state index is 0.140. The van der Waals surface area contributed by atoms with E-state index in [1.165, 1.54) is 6.42 Å². The van der Waals surface area contributed by atoms with E-state index in [0.29, 0.717) is 25.3 Å². The van der Waals surface area contributed by atoms with Crippen LogP contribution < -0.4 is 10.4 Å². The molecule has 0 radical (unpaired) electrons. The first kappa shape index (κ1) is 16.7. The normalized spacial score (nSPS) is 23.3. The Labute approximate surface area is 121 Å². The maximum Gasteiger partial charge on any atom is 0.224 e. The van der Waals surface area contributed by atoms with Crippen molar-refractivity contribution in [2.24, 2.45) is 17.8 Å².